The Morgan fingerprint density at radius 2 is 1.82 bits per heavy atom. The molecule has 14 heteroatoms. The first kappa shape index (κ1) is 28.2. The van der Waals surface area contributed by atoms with Crippen molar-refractivity contribution in [2.24, 2.45) is 0 Å². The highest BCUT2D eigenvalue weighted by molar-refractivity contribution is 8.26. The molecular formula is C25H18ClN3O7S3. The summed E-state index contributed by atoms with van der Waals surface area (Å²) in [6, 6.07) is 14.1. The predicted octanol–water partition coefficient (Wildman–Crippen LogP) is 5.18. The van der Waals surface area contributed by atoms with Gasteiger partial charge in [-0.2, -0.15) is 13.4 Å². The van der Waals surface area contributed by atoms with E-state index in [0.717, 1.165) is 28.4 Å². The smallest absolute Gasteiger partial charge is 0.339 e. The number of thiocarbonyl (C=S) groups is 1. The van der Waals surface area contributed by atoms with E-state index in [1.807, 2.05) is 6.92 Å². The molecule has 0 unspecified atom stereocenters. The van der Waals surface area contributed by atoms with Crippen LogP contribution in [0.5, 0.6) is 5.75 Å². The zero-order chi connectivity index (χ0) is 28.5. The number of hydrazine groups is 1. The molecule has 200 valence electrons. The molecule has 1 fully saturated rings. The lowest BCUT2D eigenvalue weighted by Gasteiger charge is -2.16. The Kier molecular flexibility index (Phi) is 8.07. The minimum Gasteiger partial charge on any atom is -0.379 e. The van der Waals surface area contributed by atoms with Gasteiger partial charge in [0, 0.05) is 11.6 Å². The molecule has 0 atom stereocenters. The highest BCUT2D eigenvalue weighted by Gasteiger charge is 2.34. The molecule has 10 nitrogen and oxygen atoms in total. The topological polar surface area (TPSA) is 136 Å². The molecule has 4 rings (SSSR count). The zero-order valence-electron chi connectivity index (χ0n) is 20.2. The quantitative estimate of drug-likeness (QED) is 0.127. The van der Waals surface area contributed by atoms with Crippen LogP contribution in [-0.4, -0.2) is 34.5 Å². The molecule has 0 spiro atoms. The van der Waals surface area contributed by atoms with E-state index >= 15 is 0 Å². The minimum atomic E-state index is -4.34. The number of aryl methyl sites for hydroxylation is 2. The molecule has 1 saturated heterocycles. The van der Waals surface area contributed by atoms with Crippen molar-refractivity contribution in [3.8, 4) is 5.75 Å². The van der Waals surface area contributed by atoms with Gasteiger partial charge in [0.2, 0.25) is 0 Å². The first-order valence-corrected chi connectivity index (χ1v) is 14.0. The second kappa shape index (κ2) is 11.1. The maximum Gasteiger partial charge on any atom is 0.339 e. The number of hydrogen-bond donors (Lipinski definition) is 1. The summed E-state index contributed by atoms with van der Waals surface area (Å²) in [6.45, 7) is 3.32. The van der Waals surface area contributed by atoms with E-state index in [1.165, 1.54) is 49.4 Å². The summed E-state index contributed by atoms with van der Waals surface area (Å²) >= 11 is 12.4. The zero-order valence-corrected chi connectivity index (χ0v) is 23.4. The van der Waals surface area contributed by atoms with Gasteiger partial charge in [0.15, 0.2) is 4.32 Å². The van der Waals surface area contributed by atoms with Gasteiger partial charge in [0.05, 0.1) is 20.4 Å². The van der Waals surface area contributed by atoms with E-state index in [9.17, 15) is 28.1 Å². The summed E-state index contributed by atoms with van der Waals surface area (Å²) < 4.78 is 30.5. The SMILES string of the molecule is Cc1ccc(C(=O)NN2C(=O)/C(=C/c3ccc(OS(=O)(=O)c4ccc(C)c([N+](=O)[O-])c4)cc3)SC2=S)c(Cl)c1. The average Bonchev–Trinajstić information content (AvgIpc) is 3.12. The average molecular weight is 604 g/mol. The first-order valence-electron chi connectivity index (χ1n) is 11.0. The van der Waals surface area contributed by atoms with Gasteiger partial charge in [-0.3, -0.25) is 25.1 Å². The molecule has 3 aromatic carbocycles. The van der Waals surface area contributed by atoms with E-state index in [1.54, 1.807) is 18.2 Å². The number of amides is 2. The Balaban J connectivity index is 1.47. The van der Waals surface area contributed by atoms with Crippen molar-refractivity contribution in [1.29, 1.82) is 0 Å². The Morgan fingerprint density at radius 1 is 1.13 bits per heavy atom. The summed E-state index contributed by atoms with van der Waals surface area (Å²) in [5.41, 5.74) is 4.02. The van der Waals surface area contributed by atoms with E-state index in [0.29, 0.717) is 11.1 Å². The lowest BCUT2D eigenvalue weighted by molar-refractivity contribution is -0.385. The molecule has 0 bridgehead atoms. The molecule has 0 radical (unpaired) electrons. The highest BCUT2D eigenvalue weighted by atomic mass is 35.5. The van der Waals surface area contributed by atoms with Gasteiger partial charge in [-0.25, -0.2) is 0 Å². The molecular weight excluding hydrogens is 586 g/mol. The van der Waals surface area contributed by atoms with E-state index < -0.39 is 26.9 Å². The van der Waals surface area contributed by atoms with Crippen LogP contribution in [0.2, 0.25) is 5.02 Å². The van der Waals surface area contributed by atoms with E-state index in [4.69, 9.17) is 28.0 Å². The van der Waals surface area contributed by atoms with E-state index in [-0.39, 0.29) is 36.1 Å². The normalized spacial score (nSPS) is 14.5. The van der Waals surface area contributed by atoms with Gasteiger partial charge in [0.1, 0.15) is 10.6 Å². The van der Waals surface area contributed by atoms with Crippen LogP contribution in [0.15, 0.2) is 70.5 Å². The molecule has 1 aliphatic heterocycles. The Labute approximate surface area is 237 Å². The van der Waals surface area contributed by atoms with Crippen LogP contribution >= 0.6 is 35.6 Å². The second-order valence-corrected chi connectivity index (χ2v) is 11.9. The molecule has 1 heterocycles. The molecule has 2 amide bonds. The largest absolute Gasteiger partial charge is 0.379 e. The summed E-state index contributed by atoms with van der Waals surface area (Å²) in [4.78, 5) is 35.9. The number of carbonyl (C=O) groups is 2. The number of benzene rings is 3. The minimum absolute atomic E-state index is 0.0369. The monoisotopic (exact) mass is 603 g/mol. The number of thioether (sulfide) groups is 1. The van der Waals surface area contributed by atoms with Crippen LogP contribution in [0.1, 0.15) is 27.0 Å². The predicted molar refractivity (Wildman–Crippen MR) is 151 cm³/mol. The van der Waals surface area contributed by atoms with Gasteiger partial charge in [-0.15, -0.1) is 0 Å². The maximum absolute atomic E-state index is 12.9. The molecule has 1 aliphatic rings. The fourth-order valence-electron chi connectivity index (χ4n) is 3.42. The third-order valence-electron chi connectivity index (χ3n) is 5.43. The van der Waals surface area contributed by atoms with Gasteiger partial charge in [-0.05, 0) is 73.6 Å². The van der Waals surface area contributed by atoms with Crippen molar-refractivity contribution in [1.82, 2.24) is 10.4 Å². The standard InChI is InChI=1S/C25H18ClN3O7S3/c1-14-3-10-19(20(26)11-14)23(30)27-28-24(31)22(38-25(28)37)12-16-5-7-17(8-6-16)36-39(34,35)18-9-4-15(2)21(13-18)29(32)33/h3-13H,1-2H3,(H,27,30)/b22-12-. The lowest BCUT2D eigenvalue weighted by atomic mass is 10.1. The number of halogens is 1. The number of rotatable bonds is 7. The Bertz CT molecular complexity index is 1670. The number of nitro groups is 1. The number of nitro benzene ring substituents is 1. The first-order chi connectivity index (χ1) is 18.4. The van der Waals surface area contributed by atoms with Crippen molar-refractivity contribution >= 4 is 73.6 Å². The Hall–Kier alpha value is -3.78. The van der Waals surface area contributed by atoms with Crippen LogP contribution in [0, 0.1) is 24.0 Å². The third-order valence-corrected chi connectivity index (χ3v) is 8.28. The summed E-state index contributed by atoms with van der Waals surface area (Å²) in [5, 5.41) is 12.3. The van der Waals surface area contributed by atoms with Gasteiger partial charge < -0.3 is 4.18 Å². The number of nitrogens with zero attached hydrogens (tertiary/aromatic N) is 2. The molecule has 0 aliphatic carbocycles. The van der Waals surface area contributed by atoms with Gasteiger partial charge in [-0.1, -0.05) is 47.6 Å². The third kappa shape index (κ3) is 6.28. The molecule has 39 heavy (non-hydrogen) atoms. The second-order valence-electron chi connectivity index (χ2n) is 8.25. The van der Waals surface area contributed by atoms with Crippen molar-refractivity contribution in [2.45, 2.75) is 18.7 Å². The fourth-order valence-corrected chi connectivity index (χ4v) is 5.87. The molecule has 0 saturated carbocycles. The van der Waals surface area contributed by atoms with Crippen LogP contribution in [0.4, 0.5) is 5.69 Å². The highest BCUT2D eigenvalue weighted by Crippen LogP contribution is 2.32. The van der Waals surface area contributed by atoms with Crippen molar-refractivity contribution in [3.05, 3.63) is 103 Å². The van der Waals surface area contributed by atoms with Crippen LogP contribution < -0.4 is 9.61 Å². The summed E-state index contributed by atoms with van der Waals surface area (Å²) in [6.07, 6.45) is 1.52. The summed E-state index contributed by atoms with van der Waals surface area (Å²) in [7, 11) is -4.34. The summed E-state index contributed by atoms with van der Waals surface area (Å²) in [5.74, 6) is -1.19. The van der Waals surface area contributed by atoms with Gasteiger partial charge >= 0.3 is 10.1 Å². The lowest BCUT2D eigenvalue weighted by Crippen LogP contribution is -2.44. The number of nitrogens with one attached hydrogen (secondary N) is 1. The van der Waals surface area contributed by atoms with Crippen molar-refractivity contribution in [2.75, 3.05) is 0 Å². The number of carbonyl (C=O) groups excluding carboxylic acids is 2. The molecule has 3 aromatic rings. The van der Waals surface area contributed by atoms with Crippen molar-refractivity contribution < 1.29 is 27.1 Å². The van der Waals surface area contributed by atoms with Crippen LogP contribution in [-0.2, 0) is 14.9 Å². The van der Waals surface area contributed by atoms with E-state index in [2.05, 4.69) is 5.43 Å². The van der Waals surface area contributed by atoms with Gasteiger partial charge in [0.25, 0.3) is 17.5 Å². The maximum atomic E-state index is 12.9. The Morgan fingerprint density at radius 3 is 2.46 bits per heavy atom. The van der Waals surface area contributed by atoms with Crippen LogP contribution in [0.25, 0.3) is 6.08 Å². The van der Waals surface area contributed by atoms with Crippen LogP contribution in [0.3, 0.4) is 0 Å². The fraction of sp³-hybridized carbons (Fsp3) is 0.0800. The van der Waals surface area contributed by atoms with Crippen molar-refractivity contribution in [3.63, 3.8) is 0 Å². The molecule has 1 N–H and O–H groups in total. The number of hydrogen-bond acceptors (Lipinski definition) is 9. The molecule has 0 aromatic heterocycles.